The fourth-order valence-corrected chi connectivity index (χ4v) is 3.80. The van der Waals surface area contributed by atoms with Crippen LogP contribution in [-0.4, -0.2) is 46.4 Å². The zero-order valence-electron chi connectivity index (χ0n) is 16.6. The number of ether oxygens (including phenoxy) is 1. The zero-order chi connectivity index (χ0) is 20.2. The number of nitrogens with one attached hydrogen (secondary N) is 2. The number of methoxy groups -OCH3 is 1. The molecule has 1 amide bonds. The highest BCUT2D eigenvalue weighted by molar-refractivity contribution is 6.04. The van der Waals surface area contributed by atoms with Crippen LogP contribution in [0.3, 0.4) is 0 Å². The number of carbonyl (C=O) groups excluding carboxylic acids is 1. The third-order valence-corrected chi connectivity index (χ3v) is 5.25. The minimum atomic E-state index is -0.166. The molecule has 8 heteroatoms. The number of aromatic amines is 1. The van der Waals surface area contributed by atoms with Crippen LogP contribution < -0.4 is 10.1 Å². The van der Waals surface area contributed by atoms with E-state index in [1.807, 2.05) is 13.0 Å². The Balaban J connectivity index is 1.43. The van der Waals surface area contributed by atoms with Crippen molar-refractivity contribution in [1.82, 2.24) is 20.3 Å². The van der Waals surface area contributed by atoms with E-state index in [1.54, 1.807) is 37.6 Å². The van der Waals surface area contributed by atoms with E-state index in [0.717, 1.165) is 61.1 Å². The van der Waals surface area contributed by atoms with Crippen molar-refractivity contribution in [3.05, 3.63) is 59.2 Å². The Kier molecular flexibility index (Phi) is 5.62. The first kappa shape index (κ1) is 19.2. The molecule has 0 saturated carbocycles. The van der Waals surface area contributed by atoms with Gasteiger partial charge in [0.05, 0.1) is 30.4 Å². The molecule has 29 heavy (non-hydrogen) atoms. The summed E-state index contributed by atoms with van der Waals surface area (Å²) < 4.78 is 10.3. The monoisotopic (exact) mass is 395 g/mol. The third-order valence-electron chi connectivity index (χ3n) is 5.25. The van der Waals surface area contributed by atoms with E-state index in [2.05, 4.69) is 25.6 Å². The summed E-state index contributed by atoms with van der Waals surface area (Å²) in [6.07, 6.45) is 3.80. The molecule has 1 aromatic carbocycles. The number of amides is 1. The number of rotatable bonds is 6. The highest BCUT2D eigenvalue weighted by Crippen LogP contribution is 2.31. The van der Waals surface area contributed by atoms with Crippen molar-refractivity contribution < 1.29 is 14.1 Å². The summed E-state index contributed by atoms with van der Waals surface area (Å²) in [7, 11) is 1.60. The van der Waals surface area contributed by atoms with Gasteiger partial charge in [0.1, 0.15) is 11.5 Å². The summed E-state index contributed by atoms with van der Waals surface area (Å²) in [6.45, 7) is 4.55. The Morgan fingerprint density at radius 3 is 2.93 bits per heavy atom. The first-order chi connectivity index (χ1) is 14.1. The Bertz CT molecular complexity index is 963. The number of aryl methyl sites for hydroxylation is 1. The normalized spacial score (nSPS) is 17.2. The lowest BCUT2D eigenvalue weighted by Crippen LogP contribution is -2.34. The van der Waals surface area contributed by atoms with Crippen LogP contribution in [0.1, 0.15) is 46.3 Å². The van der Waals surface area contributed by atoms with Gasteiger partial charge in [-0.15, -0.1) is 0 Å². The number of benzene rings is 1. The molecule has 1 fully saturated rings. The standard InChI is InChI=1S/C21H25N5O3/c1-14-10-17(25-29-14)13-26-9-3-4-16(12-26)20-19(11-22-24-20)23-21(27)15-5-7-18(28-2)8-6-15/h5-8,10-11,16H,3-4,9,12-13H2,1-2H3,(H,22,24)(H,23,27). The van der Waals surface area contributed by atoms with Gasteiger partial charge in [-0.3, -0.25) is 14.8 Å². The number of hydrogen-bond donors (Lipinski definition) is 2. The first-order valence-electron chi connectivity index (χ1n) is 9.75. The van der Waals surface area contributed by atoms with Crippen molar-refractivity contribution in [2.45, 2.75) is 32.2 Å². The molecule has 0 bridgehead atoms. The molecule has 1 unspecified atom stereocenters. The number of nitrogens with zero attached hydrogens (tertiary/aromatic N) is 3. The maximum atomic E-state index is 12.6. The van der Waals surface area contributed by atoms with Gasteiger partial charge in [-0.2, -0.15) is 5.10 Å². The molecule has 2 N–H and O–H groups in total. The van der Waals surface area contributed by atoms with Gasteiger partial charge in [0.2, 0.25) is 0 Å². The van der Waals surface area contributed by atoms with Crippen molar-refractivity contribution in [3.63, 3.8) is 0 Å². The largest absolute Gasteiger partial charge is 0.497 e. The van der Waals surface area contributed by atoms with E-state index in [0.29, 0.717) is 5.56 Å². The molecule has 3 aromatic rings. The highest BCUT2D eigenvalue weighted by Gasteiger charge is 2.26. The van der Waals surface area contributed by atoms with Crippen LogP contribution in [0, 0.1) is 6.92 Å². The molecule has 8 nitrogen and oxygen atoms in total. The summed E-state index contributed by atoms with van der Waals surface area (Å²) in [5.74, 6) is 1.65. The maximum Gasteiger partial charge on any atom is 0.255 e. The van der Waals surface area contributed by atoms with Gasteiger partial charge in [-0.05, 0) is 50.6 Å². The minimum absolute atomic E-state index is 0.166. The maximum absolute atomic E-state index is 12.6. The van der Waals surface area contributed by atoms with Gasteiger partial charge in [0.15, 0.2) is 0 Å². The molecular weight excluding hydrogens is 370 g/mol. The van der Waals surface area contributed by atoms with E-state index in [4.69, 9.17) is 9.26 Å². The topological polar surface area (TPSA) is 96.3 Å². The SMILES string of the molecule is COc1ccc(C(=O)Nc2cn[nH]c2C2CCCN(Cc3cc(C)on3)C2)cc1. The second kappa shape index (κ2) is 8.48. The van der Waals surface area contributed by atoms with Crippen LogP contribution in [0.5, 0.6) is 5.75 Å². The number of hydrogen-bond acceptors (Lipinski definition) is 6. The van der Waals surface area contributed by atoms with Gasteiger partial charge >= 0.3 is 0 Å². The van der Waals surface area contributed by atoms with E-state index >= 15 is 0 Å². The summed E-state index contributed by atoms with van der Waals surface area (Å²) in [5.41, 5.74) is 3.22. The Morgan fingerprint density at radius 1 is 1.38 bits per heavy atom. The molecule has 4 rings (SSSR count). The fourth-order valence-electron chi connectivity index (χ4n) is 3.80. The molecule has 1 saturated heterocycles. The summed E-state index contributed by atoms with van der Waals surface area (Å²) in [6, 6.07) is 9.01. The first-order valence-corrected chi connectivity index (χ1v) is 9.75. The van der Waals surface area contributed by atoms with Gasteiger partial charge in [0.25, 0.3) is 5.91 Å². The Labute approximate surface area is 169 Å². The smallest absolute Gasteiger partial charge is 0.255 e. The number of carbonyl (C=O) groups is 1. The van der Waals surface area contributed by atoms with Gasteiger partial charge in [0, 0.05) is 30.6 Å². The van der Waals surface area contributed by atoms with E-state index in [9.17, 15) is 4.79 Å². The molecule has 0 aliphatic carbocycles. The zero-order valence-corrected chi connectivity index (χ0v) is 16.6. The van der Waals surface area contributed by atoms with E-state index in [1.165, 1.54) is 0 Å². The van der Waals surface area contributed by atoms with Crippen molar-refractivity contribution in [3.8, 4) is 5.75 Å². The van der Waals surface area contributed by atoms with Crippen LogP contribution in [0.4, 0.5) is 5.69 Å². The molecule has 0 spiro atoms. The number of likely N-dealkylation sites (tertiary alicyclic amines) is 1. The van der Waals surface area contributed by atoms with Gasteiger partial charge in [-0.1, -0.05) is 5.16 Å². The molecule has 2 aromatic heterocycles. The van der Waals surface area contributed by atoms with Crippen LogP contribution in [0.15, 0.2) is 41.1 Å². The molecule has 1 atom stereocenters. The molecular formula is C21H25N5O3. The quantitative estimate of drug-likeness (QED) is 0.664. The lowest BCUT2D eigenvalue weighted by atomic mass is 9.94. The minimum Gasteiger partial charge on any atom is -0.497 e. The third kappa shape index (κ3) is 4.48. The summed E-state index contributed by atoms with van der Waals surface area (Å²) in [4.78, 5) is 15.0. The van der Waals surface area contributed by atoms with Gasteiger partial charge in [-0.25, -0.2) is 0 Å². The Hall–Kier alpha value is -3.13. The molecule has 152 valence electrons. The van der Waals surface area contributed by atoms with E-state index in [-0.39, 0.29) is 11.8 Å². The summed E-state index contributed by atoms with van der Waals surface area (Å²) in [5, 5.41) is 14.4. The highest BCUT2D eigenvalue weighted by atomic mass is 16.5. The van der Waals surface area contributed by atoms with Crippen LogP contribution in [-0.2, 0) is 6.54 Å². The predicted octanol–water partition coefficient (Wildman–Crippen LogP) is 3.35. The lowest BCUT2D eigenvalue weighted by molar-refractivity contribution is 0.102. The predicted molar refractivity (Wildman–Crippen MR) is 108 cm³/mol. The lowest BCUT2D eigenvalue weighted by Gasteiger charge is -2.32. The summed E-state index contributed by atoms with van der Waals surface area (Å²) >= 11 is 0. The Morgan fingerprint density at radius 2 is 2.21 bits per heavy atom. The van der Waals surface area contributed by atoms with E-state index < -0.39 is 0 Å². The molecule has 0 radical (unpaired) electrons. The second-order valence-corrected chi connectivity index (χ2v) is 7.38. The van der Waals surface area contributed by atoms with Crippen molar-refractivity contribution in [2.24, 2.45) is 0 Å². The number of anilines is 1. The van der Waals surface area contributed by atoms with Crippen molar-refractivity contribution in [1.29, 1.82) is 0 Å². The van der Waals surface area contributed by atoms with Crippen molar-refractivity contribution in [2.75, 3.05) is 25.5 Å². The van der Waals surface area contributed by atoms with Crippen molar-refractivity contribution >= 4 is 11.6 Å². The number of H-pyrrole nitrogens is 1. The average Bonchev–Trinajstić information content (AvgIpc) is 3.37. The fraction of sp³-hybridized carbons (Fsp3) is 0.381. The van der Waals surface area contributed by atoms with Crippen LogP contribution in [0.2, 0.25) is 0 Å². The second-order valence-electron chi connectivity index (χ2n) is 7.38. The molecule has 1 aliphatic heterocycles. The van der Waals surface area contributed by atoms with Crippen LogP contribution >= 0.6 is 0 Å². The average molecular weight is 395 g/mol. The molecule has 3 heterocycles. The van der Waals surface area contributed by atoms with Gasteiger partial charge < -0.3 is 14.6 Å². The number of aromatic nitrogens is 3. The van der Waals surface area contributed by atoms with Crippen LogP contribution in [0.25, 0.3) is 0 Å². The number of piperidine rings is 1. The molecule has 1 aliphatic rings.